The zero-order valence-corrected chi connectivity index (χ0v) is 13.3. The molecule has 2 fully saturated rings. The van der Waals surface area contributed by atoms with Crippen molar-refractivity contribution in [3.63, 3.8) is 0 Å². The molecule has 22 heavy (non-hydrogen) atoms. The number of ether oxygens (including phenoxy) is 1. The van der Waals surface area contributed by atoms with E-state index in [2.05, 4.69) is 15.1 Å². The zero-order valence-electron chi connectivity index (χ0n) is 12.6. The average Bonchev–Trinajstić information content (AvgIpc) is 3.05. The number of nitrogens with zero attached hydrogens (tertiary/aromatic N) is 3. The van der Waals surface area contributed by atoms with E-state index in [1.807, 2.05) is 0 Å². The summed E-state index contributed by atoms with van der Waals surface area (Å²) in [6, 6.07) is 0. The van der Waals surface area contributed by atoms with Crippen LogP contribution in [-0.2, 0) is 4.74 Å². The number of hydrogen-bond acceptors (Lipinski definition) is 5. The Morgan fingerprint density at radius 1 is 1.36 bits per heavy atom. The summed E-state index contributed by atoms with van der Waals surface area (Å²) in [6.45, 7) is 5.03. The van der Waals surface area contributed by atoms with Crippen LogP contribution in [0.25, 0.3) is 0 Å². The Balaban J connectivity index is 1.66. The molecular formula is C14H22ClN5O2. The lowest BCUT2D eigenvalue weighted by Gasteiger charge is -2.26. The number of hydrogen-bond donors (Lipinski definition) is 2. The van der Waals surface area contributed by atoms with Gasteiger partial charge < -0.3 is 20.3 Å². The van der Waals surface area contributed by atoms with Gasteiger partial charge in [0.2, 0.25) is 0 Å². The second-order valence-corrected chi connectivity index (χ2v) is 6.28. The van der Waals surface area contributed by atoms with Crippen LogP contribution < -0.4 is 5.73 Å². The van der Waals surface area contributed by atoms with Crippen molar-refractivity contribution in [1.29, 1.82) is 0 Å². The zero-order chi connectivity index (χ0) is 15.5. The molecule has 3 heterocycles. The van der Waals surface area contributed by atoms with Crippen LogP contribution in [0.15, 0.2) is 0 Å². The van der Waals surface area contributed by atoms with Gasteiger partial charge in [0.15, 0.2) is 5.82 Å². The Bertz CT molecular complexity index is 529. The van der Waals surface area contributed by atoms with Crippen LogP contribution in [0.5, 0.6) is 0 Å². The summed E-state index contributed by atoms with van der Waals surface area (Å²) in [5.41, 5.74) is 5.86. The van der Waals surface area contributed by atoms with Gasteiger partial charge in [0.25, 0.3) is 5.91 Å². The highest BCUT2D eigenvalue weighted by atomic mass is 35.5. The van der Waals surface area contributed by atoms with Gasteiger partial charge in [-0.25, -0.2) is 0 Å². The summed E-state index contributed by atoms with van der Waals surface area (Å²) in [7, 11) is 0. The number of amides is 1. The maximum Gasteiger partial charge on any atom is 0.273 e. The van der Waals surface area contributed by atoms with E-state index in [1.165, 1.54) is 12.8 Å². The Hall–Kier alpha value is -1.31. The van der Waals surface area contributed by atoms with Gasteiger partial charge in [-0.1, -0.05) is 11.6 Å². The molecule has 3 rings (SSSR count). The lowest BCUT2D eigenvalue weighted by molar-refractivity contribution is 0.0296. The van der Waals surface area contributed by atoms with Gasteiger partial charge in [0.1, 0.15) is 10.7 Å². The fourth-order valence-corrected chi connectivity index (χ4v) is 3.25. The van der Waals surface area contributed by atoms with E-state index in [0.29, 0.717) is 19.7 Å². The lowest BCUT2D eigenvalue weighted by atomic mass is 10.2. The second-order valence-electron chi connectivity index (χ2n) is 5.90. The molecule has 7 nitrogen and oxygen atoms in total. The number of halogens is 1. The standard InChI is InChI=1S/C14H22ClN5O2/c15-11-12(17-18-13(11)16)14(21)20-6-3-7-22-10(9-20)8-19-4-1-2-5-19/h10H,1-9H2,(H3,16,17,18)/t10-/m1/s1. The van der Waals surface area contributed by atoms with Crippen LogP contribution in [0.3, 0.4) is 0 Å². The third-order valence-electron chi connectivity index (χ3n) is 4.24. The normalized spacial score (nSPS) is 23.7. The fraction of sp³-hybridized carbons (Fsp3) is 0.714. The third kappa shape index (κ3) is 3.37. The number of aromatic nitrogens is 2. The topological polar surface area (TPSA) is 87.5 Å². The molecule has 1 aromatic rings. The smallest absolute Gasteiger partial charge is 0.273 e. The highest BCUT2D eigenvalue weighted by molar-refractivity contribution is 6.35. The van der Waals surface area contributed by atoms with Crippen LogP contribution in [0.4, 0.5) is 5.82 Å². The average molecular weight is 328 g/mol. The number of rotatable bonds is 3. The first-order chi connectivity index (χ1) is 10.6. The number of likely N-dealkylation sites (tertiary alicyclic amines) is 1. The Morgan fingerprint density at radius 2 is 2.14 bits per heavy atom. The number of H-pyrrole nitrogens is 1. The van der Waals surface area contributed by atoms with E-state index < -0.39 is 0 Å². The third-order valence-corrected chi connectivity index (χ3v) is 4.63. The molecule has 0 unspecified atom stereocenters. The molecule has 0 saturated carbocycles. The van der Waals surface area contributed by atoms with Gasteiger partial charge >= 0.3 is 0 Å². The maximum atomic E-state index is 12.6. The maximum absolute atomic E-state index is 12.6. The number of carbonyl (C=O) groups excluding carboxylic acids is 1. The van der Waals surface area contributed by atoms with Gasteiger partial charge in [-0.15, -0.1) is 0 Å². The highest BCUT2D eigenvalue weighted by Gasteiger charge is 2.28. The van der Waals surface area contributed by atoms with Crippen molar-refractivity contribution in [3.05, 3.63) is 10.7 Å². The Labute approximate surface area is 134 Å². The molecule has 1 atom stereocenters. The highest BCUT2D eigenvalue weighted by Crippen LogP contribution is 2.22. The van der Waals surface area contributed by atoms with E-state index in [4.69, 9.17) is 22.1 Å². The van der Waals surface area contributed by atoms with Gasteiger partial charge in [-0.05, 0) is 32.4 Å². The van der Waals surface area contributed by atoms with E-state index in [1.54, 1.807) is 4.90 Å². The predicted molar refractivity (Wildman–Crippen MR) is 83.9 cm³/mol. The summed E-state index contributed by atoms with van der Waals surface area (Å²) in [6.07, 6.45) is 3.36. The number of anilines is 1. The van der Waals surface area contributed by atoms with Crippen molar-refractivity contribution in [3.8, 4) is 0 Å². The van der Waals surface area contributed by atoms with E-state index in [9.17, 15) is 4.79 Å². The summed E-state index contributed by atoms with van der Waals surface area (Å²) in [5, 5.41) is 6.62. The van der Waals surface area contributed by atoms with Crippen molar-refractivity contribution in [1.82, 2.24) is 20.0 Å². The van der Waals surface area contributed by atoms with Crippen LogP contribution in [0.2, 0.25) is 5.02 Å². The molecule has 1 aromatic heterocycles. The number of nitrogens with two attached hydrogens (primary N) is 1. The minimum absolute atomic E-state index is 0.0450. The minimum Gasteiger partial charge on any atom is -0.381 e. The first-order valence-corrected chi connectivity index (χ1v) is 8.15. The molecule has 0 spiro atoms. The Kier molecular flexibility index (Phi) is 4.85. The van der Waals surface area contributed by atoms with Crippen molar-refractivity contribution in [2.75, 3.05) is 45.1 Å². The van der Waals surface area contributed by atoms with Gasteiger partial charge in [0.05, 0.1) is 6.10 Å². The first kappa shape index (κ1) is 15.6. The van der Waals surface area contributed by atoms with E-state index >= 15 is 0 Å². The van der Waals surface area contributed by atoms with Gasteiger partial charge in [-0.3, -0.25) is 9.89 Å². The van der Waals surface area contributed by atoms with Crippen molar-refractivity contribution in [2.45, 2.75) is 25.4 Å². The number of nitrogens with one attached hydrogen (secondary N) is 1. The van der Waals surface area contributed by atoms with Crippen LogP contribution in [0.1, 0.15) is 29.8 Å². The monoisotopic (exact) mass is 327 g/mol. The van der Waals surface area contributed by atoms with Crippen molar-refractivity contribution >= 4 is 23.3 Å². The molecule has 0 radical (unpaired) electrons. The molecule has 3 N–H and O–H groups in total. The first-order valence-electron chi connectivity index (χ1n) is 7.77. The Morgan fingerprint density at radius 3 is 2.82 bits per heavy atom. The largest absolute Gasteiger partial charge is 0.381 e. The summed E-state index contributed by atoms with van der Waals surface area (Å²) >= 11 is 6.03. The molecule has 2 saturated heterocycles. The molecule has 1 amide bonds. The molecule has 8 heteroatoms. The molecule has 122 valence electrons. The molecule has 0 aromatic carbocycles. The predicted octanol–water partition coefficient (Wildman–Crippen LogP) is 0.972. The van der Waals surface area contributed by atoms with Gasteiger partial charge in [-0.2, -0.15) is 5.10 Å². The fourth-order valence-electron chi connectivity index (χ4n) is 3.09. The summed E-state index contributed by atoms with van der Waals surface area (Å²) < 4.78 is 5.90. The number of aromatic amines is 1. The molecule has 2 aliphatic rings. The number of nitrogen functional groups attached to an aromatic ring is 1. The van der Waals surface area contributed by atoms with Gasteiger partial charge in [0, 0.05) is 26.2 Å². The second kappa shape index (κ2) is 6.85. The summed E-state index contributed by atoms with van der Waals surface area (Å²) in [5.74, 6) is -0.00386. The van der Waals surface area contributed by atoms with Crippen LogP contribution in [0, 0.1) is 0 Å². The van der Waals surface area contributed by atoms with E-state index in [0.717, 1.165) is 26.1 Å². The molecule has 0 aliphatic carbocycles. The lowest BCUT2D eigenvalue weighted by Crippen LogP contribution is -2.42. The van der Waals surface area contributed by atoms with E-state index in [-0.39, 0.29) is 28.5 Å². The molecule has 0 bridgehead atoms. The molecule has 2 aliphatic heterocycles. The number of carbonyl (C=O) groups is 1. The SMILES string of the molecule is Nc1n[nH]c(C(=O)N2CCCO[C@H](CN3CCCC3)C2)c1Cl. The van der Waals surface area contributed by atoms with Crippen LogP contribution in [-0.4, -0.2) is 71.3 Å². The minimum atomic E-state index is -0.161. The quantitative estimate of drug-likeness (QED) is 0.864. The molecular weight excluding hydrogens is 306 g/mol. The van der Waals surface area contributed by atoms with Crippen molar-refractivity contribution < 1.29 is 9.53 Å². The van der Waals surface area contributed by atoms with Crippen LogP contribution >= 0.6 is 11.6 Å². The van der Waals surface area contributed by atoms with Crippen molar-refractivity contribution in [2.24, 2.45) is 0 Å². The summed E-state index contributed by atoms with van der Waals surface area (Å²) in [4.78, 5) is 16.8.